The van der Waals surface area contributed by atoms with Gasteiger partial charge in [0.1, 0.15) is 10.7 Å². The molecule has 118 valence electrons. The van der Waals surface area contributed by atoms with Crippen LogP contribution in [0.3, 0.4) is 0 Å². The van der Waals surface area contributed by atoms with Crippen LogP contribution in [0, 0.1) is 6.92 Å². The number of carbonyl (C=O) groups is 1. The van der Waals surface area contributed by atoms with Crippen molar-refractivity contribution in [1.82, 2.24) is 4.31 Å². The number of rotatable bonds is 4. The standard InChI is InChI=1S/C14H21NO5S/c1-3-11-7-5-4-6-8-15(11)21(18,19)13-9-12(14(16)17)20-10(13)2/h9,11H,3-8H2,1-2H3,(H,16,17). The summed E-state index contributed by atoms with van der Waals surface area (Å²) in [5.41, 5.74) is 0. The van der Waals surface area contributed by atoms with Crippen LogP contribution < -0.4 is 0 Å². The van der Waals surface area contributed by atoms with Crippen LogP contribution in [0.5, 0.6) is 0 Å². The molecule has 1 aliphatic rings. The molecule has 1 aliphatic heterocycles. The van der Waals surface area contributed by atoms with Crippen LogP contribution in [0.2, 0.25) is 0 Å². The number of nitrogens with zero attached hydrogens (tertiary/aromatic N) is 1. The molecule has 6 nitrogen and oxygen atoms in total. The van der Waals surface area contributed by atoms with E-state index in [0.717, 1.165) is 38.2 Å². The van der Waals surface area contributed by atoms with Crippen LogP contribution in [-0.2, 0) is 10.0 Å². The van der Waals surface area contributed by atoms with Crippen molar-refractivity contribution < 1.29 is 22.7 Å². The Hall–Kier alpha value is -1.34. The first-order valence-electron chi connectivity index (χ1n) is 7.23. The molecule has 1 N–H and O–H groups in total. The summed E-state index contributed by atoms with van der Waals surface area (Å²) in [5, 5.41) is 8.94. The number of aryl methyl sites for hydroxylation is 1. The molecule has 1 saturated heterocycles. The number of hydrogen-bond donors (Lipinski definition) is 1. The van der Waals surface area contributed by atoms with E-state index >= 15 is 0 Å². The Morgan fingerprint density at radius 3 is 2.71 bits per heavy atom. The summed E-state index contributed by atoms with van der Waals surface area (Å²) in [6.07, 6.45) is 4.47. The minimum Gasteiger partial charge on any atom is -0.475 e. The lowest BCUT2D eigenvalue weighted by atomic mass is 10.1. The normalized spacial score (nSPS) is 21.1. The molecule has 0 aliphatic carbocycles. The van der Waals surface area contributed by atoms with E-state index in [4.69, 9.17) is 9.52 Å². The maximum Gasteiger partial charge on any atom is 0.371 e. The quantitative estimate of drug-likeness (QED) is 0.922. The minimum atomic E-state index is -3.71. The van der Waals surface area contributed by atoms with Crippen molar-refractivity contribution in [3.05, 3.63) is 17.6 Å². The lowest BCUT2D eigenvalue weighted by Crippen LogP contribution is -2.39. The molecule has 1 unspecified atom stereocenters. The zero-order chi connectivity index (χ0) is 15.6. The van der Waals surface area contributed by atoms with Gasteiger partial charge >= 0.3 is 5.97 Å². The van der Waals surface area contributed by atoms with Crippen LogP contribution >= 0.6 is 0 Å². The average Bonchev–Trinajstić information content (AvgIpc) is 2.68. The van der Waals surface area contributed by atoms with E-state index in [0.29, 0.717) is 6.54 Å². The zero-order valence-corrected chi connectivity index (χ0v) is 13.1. The van der Waals surface area contributed by atoms with E-state index < -0.39 is 16.0 Å². The Kier molecular flexibility index (Phi) is 4.73. The van der Waals surface area contributed by atoms with Gasteiger partial charge in [0.25, 0.3) is 0 Å². The molecular weight excluding hydrogens is 294 g/mol. The van der Waals surface area contributed by atoms with Crippen molar-refractivity contribution >= 4 is 16.0 Å². The van der Waals surface area contributed by atoms with Gasteiger partial charge in [-0.05, 0) is 26.2 Å². The van der Waals surface area contributed by atoms with Gasteiger partial charge in [0.2, 0.25) is 15.8 Å². The van der Waals surface area contributed by atoms with Gasteiger partial charge in [0, 0.05) is 18.7 Å². The van der Waals surface area contributed by atoms with Gasteiger partial charge in [0.15, 0.2) is 0 Å². The highest BCUT2D eigenvalue weighted by atomic mass is 32.2. The van der Waals surface area contributed by atoms with Crippen molar-refractivity contribution in [2.24, 2.45) is 0 Å². The third-order valence-electron chi connectivity index (χ3n) is 3.96. The number of carboxylic acids is 1. The first-order valence-corrected chi connectivity index (χ1v) is 8.67. The summed E-state index contributed by atoms with van der Waals surface area (Å²) >= 11 is 0. The molecule has 0 bridgehead atoms. The van der Waals surface area contributed by atoms with Crippen LogP contribution in [0.15, 0.2) is 15.4 Å². The Labute approximate surface area is 124 Å². The molecule has 1 atom stereocenters. The second kappa shape index (κ2) is 6.19. The minimum absolute atomic E-state index is 0.0275. The number of furan rings is 1. The third-order valence-corrected chi connectivity index (χ3v) is 6.02. The monoisotopic (exact) mass is 315 g/mol. The first kappa shape index (κ1) is 16.0. The molecule has 2 heterocycles. The summed E-state index contributed by atoms with van der Waals surface area (Å²) in [6, 6.07) is 1.09. The highest BCUT2D eigenvalue weighted by Gasteiger charge is 2.34. The number of sulfonamides is 1. The SMILES string of the molecule is CCC1CCCCCN1S(=O)(=O)c1cc(C(=O)O)oc1C. The van der Waals surface area contributed by atoms with E-state index in [1.807, 2.05) is 6.92 Å². The maximum absolute atomic E-state index is 12.8. The maximum atomic E-state index is 12.8. The van der Waals surface area contributed by atoms with Gasteiger partial charge in [-0.2, -0.15) is 4.31 Å². The Balaban J connectivity index is 2.42. The van der Waals surface area contributed by atoms with Crippen LogP contribution in [0.25, 0.3) is 0 Å². The second-order valence-corrected chi connectivity index (χ2v) is 7.22. The molecule has 7 heteroatoms. The number of hydrogen-bond acceptors (Lipinski definition) is 4. The van der Waals surface area contributed by atoms with Crippen molar-refractivity contribution in [2.75, 3.05) is 6.54 Å². The average molecular weight is 315 g/mol. The van der Waals surface area contributed by atoms with Crippen molar-refractivity contribution in [3.8, 4) is 0 Å². The zero-order valence-electron chi connectivity index (χ0n) is 12.3. The largest absolute Gasteiger partial charge is 0.475 e. The molecule has 1 fully saturated rings. The fourth-order valence-electron chi connectivity index (χ4n) is 2.83. The van der Waals surface area contributed by atoms with Gasteiger partial charge in [-0.25, -0.2) is 13.2 Å². The predicted molar refractivity (Wildman–Crippen MR) is 76.8 cm³/mol. The van der Waals surface area contributed by atoms with Crippen LogP contribution in [-0.4, -0.2) is 36.4 Å². The lowest BCUT2D eigenvalue weighted by Gasteiger charge is -2.27. The van der Waals surface area contributed by atoms with E-state index in [2.05, 4.69) is 0 Å². The first-order chi connectivity index (χ1) is 9.87. The summed E-state index contributed by atoms with van der Waals surface area (Å²) in [5.74, 6) is -1.47. The second-order valence-electron chi connectivity index (χ2n) is 5.36. The van der Waals surface area contributed by atoms with Crippen molar-refractivity contribution in [1.29, 1.82) is 0 Å². The molecule has 0 spiro atoms. The Morgan fingerprint density at radius 1 is 1.43 bits per heavy atom. The van der Waals surface area contributed by atoms with Gasteiger partial charge in [-0.1, -0.05) is 19.8 Å². The highest BCUT2D eigenvalue weighted by Crippen LogP contribution is 2.29. The Bertz CT molecular complexity index is 619. The summed E-state index contributed by atoms with van der Waals surface area (Å²) in [7, 11) is -3.71. The Morgan fingerprint density at radius 2 is 2.14 bits per heavy atom. The van der Waals surface area contributed by atoms with E-state index in [-0.39, 0.29) is 22.5 Å². The molecular formula is C14H21NO5S. The van der Waals surface area contributed by atoms with Gasteiger partial charge < -0.3 is 9.52 Å². The van der Waals surface area contributed by atoms with Crippen LogP contribution in [0.4, 0.5) is 0 Å². The predicted octanol–water partition coefficient (Wildman–Crippen LogP) is 2.63. The summed E-state index contributed by atoms with van der Waals surface area (Å²) < 4.78 is 32.2. The third kappa shape index (κ3) is 3.13. The molecule has 0 aromatic carbocycles. The smallest absolute Gasteiger partial charge is 0.371 e. The summed E-state index contributed by atoms with van der Waals surface area (Å²) in [4.78, 5) is 10.9. The van der Waals surface area contributed by atoms with Gasteiger partial charge in [0.05, 0.1) is 0 Å². The molecule has 21 heavy (non-hydrogen) atoms. The lowest BCUT2D eigenvalue weighted by molar-refractivity contribution is 0.0661. The fourth-order valence-corrected chi connectivity index (χ4v) is 4.76. The fraction of sp³-hybridized carbons (Fsp3) is 0.643. The molecule has 1 aromatic heterocycles. The van der Waals surface area contributed by atoms with Gasteiger partial charge in [-0.3, -0.25) is 0 Å². The molecule has 1 aromatic rings. The van der Waals surface area contributed by atoms with Crippen molar-refractivity contribution in [2.45, 2.75) is 56.9 Å². The topological polar surface area (TPSA) is 87.8 Å². The summed E-state index contributed by atoms with van der Waals surface area (Å²) in [6.45, 7) is 3.94. The molecule has 0 radical (unpaired) electrons. The van der Waals surface area contributed by atoms with Gasteiger partial charge in [-0.15, -0.1) is 0 Å². The van der Waals surface area contributed by atoms with Crippen molar-refractivity contribution in [3.63, 3.8) is 0 Å². The molecule has 0 amide bonds. The van der Waals surface area contributed by atoms with Crippen LogP contribution in [0.1, 0.15) is 55.3 Å². The van der Waals surface area contributed by atoms with E-state index in [1.54, 1.807) is 0 Å². The molecule has 2 rings (SSSR count). The van der Waals surface area contributed by atoms with E-state index in [1.165, 1.54) is 11.2 Å². The number of aromatic carboxylic acids is 1. The highest BCUT2D eigenvalue weighted by molar-refractivity contribution is 7.89. The molecule has 0 saturated carbocycles. The number of carboxylic acid groups (broad SMARTS) is 1. The van der Waals surface area contributed by atoms with E-state index in [9.17, 15) is 13.2 Å².